The average molecular weight is 220 g/mol. The molecule has 1 aromatic rings. The van der Waals surface area contributed by atoms with Crippen molar-refractivity contribution in [3.05, 3.63) is 41.6 Å². The van der Waals surface area contributed by atoms with E-state index in [1.165, 1.54) is 10.4 Å². The second-order valence-electron chi connectivity index (χ2n) is 4.58. The maximum Gasteiger partial charge on any atom is 0.106 e. The Balaban J connectivity index is 3.03. The van der Waals surface area contributed by atoms with Crippen LogP contribution in [-0.4, -0.2) is 19.3 Å². The molecule has 0 radical (unpaired) electrons. The normalized spacial score (nSPS) is 15.1. The summed E-state index contributed by atoms with van der Waals surface area (Å²) in [4.78, 5) is 0. The highest BCUT2D eigenvalue weighted by Gasteiger charge is 2.25. The Hall–Kier alpha value is -0.863. The van der Waals surface area contributed by atoms with Gasteiger partial charge in [-0.3, -0.25) is 0 Å². The van der Waals surface area contributed by atoms with Crippen LogP contribution in [0.4, 0.5) is 0 Å². The number of allylic oxidation sites excluding steroid dienone is 1. The number of hydrogen-bond acceptors (Lipinski definition) is 1. The molecule has 1 rings (SSSR count). The Labute approximate surface area is 93.5 Å². The monoisotopic (exact) mass is 220 g/mol. The molecule has 0 spiro atoms. The molecular weight excluding hydrogens is 200 g/mol. The lowest BCUT2D eigenvalue weighted by atomic mass is 10.4. The van der Waals surface area contributed by atoms with Crippen molar-refractivity contribution < 1.29 is 5.11 Å². The van der Waals surface area contributed by atoms with Gasteiger partial charge in [0.15, 0.2) is 0 Å². The lowest BCUT2D eigenvalue weighted by molar-refractivity contribution is 0.243. The molecule has 0 aliphatic rings. The number of rotatable bonds is 3. The molecule has 0 aromatic heterocycles. The van der Waals surface area contributed by atoms with Crippen LogP contribution in [0.25, 0.3) is 0 Å². The van der Waals surface area contributed by atoms with Crippen LogP contribution in [0.15, 0.2) is 41.6 Å². The minimum Gasteiger partial charge on any atom is -0.389 e. The highest BCUT2D eigenvalue weighted by molar-refractivity contribution is 6.95. The average Bonchev–Trinajstić information content (AvgIpc) is 2.18. The summed E-state index contributed by atoms with van der Waals surface area (Å²) in [6.07, 6.45) is 1.62. The van der Waals surface area contributed by atoms with Crippen molar-refractivity contribution >= 4 is 13.3 Å². The smallest absolute Gasteiger partial charge is 0.106 e. The maximum absolute atomic E-state index is 9.38. The van der Waals surface area contributed by atoms with Crippen LogP contribution in [0.3, 0.4) is 0 Å². The zero-order valence-electron chi connectivity index (χ0n) is 9.99. The number of benzene rings is 1. The third kappa shape index (κ3) is 3.04. The number of aliphatic hydroxyl groups is 1. The first-order chi connectivity index (χ1) is 6.94. The van der Waals surface area contributed by atoms with Crippen molar-refractivity contribution in [2.75, 3.05) is 0 Å². The summed E-state index contributed by atoms with van der Waals surface area (Å²) >= 11 is 0. The molecule has 0 aliphatic carbocycles. The zero-order chi connectivity index (χ0) is 11.5. The molecule has 0 heterocycles. The summed E-state index contributed by atoms with van der Waals surface area (Å²) in [5, 5.41) is 12.1. The van der Waals surface area contributed by atoms with Gasteiger partial charge in [0.2, 0.25) is 0 Å². The van der Waals surface area contributed by atoms with E-state index in [0.717, 1.165) is 0 Å². The quantitative estimate of drug-likeness (QED) is 0.776. The Kier molecular flexibility index (Phi) is 3.88. The van der Waals surface area contributed by atoms with E-state index >= 15 is 0 Å². The summed E-state index contributed by atoms with van der Waals surface area (Å²) in [5.74, 6) is 0. The molecule has 0 bridgehead atoms. The molecule has 1 nitrogen and oxygen atoms in total. The fraction of sp³-hybridized carbons (Fsp3) is 0.385. The third-order valence-electron chi connectivity index (χ3n) is 2.97. The Bertz CT molecular complexity index is 339. The molecule has 82 valence electrons. The van der Waals surface area contributed by atoms with E-state index in [2.05, 4.69) is 44.3 Å². The van der Waals surface area contributed by atoms with Gasteiger partial charge in [-0.05, 0) is 13.8 Å². The van der Waals surface area contributed by atoms with Gasteiger partial charge in [0.25, 0.3) is 0 Å². The Morgan fingerprint density at radius 3 is 2.27 bits per heavy atom. The molecule has 1 aromatic carbocycles. The molecular formula is C13H20OSi. The van der Waals surface area contributed by atoms with E-state index in [4.69, 9.17) is 0 Å². The highest BCUT2D eigenvalue weighted by atomic mass is 28.3. The standard InChI is InChI=1S/C13H20OSi/c1-11(14)10-12(2)15(3,4)13-8-6-5-7-9-13/h5-11,14H,1-4H3/b12-10+/t11-/m1/s1. The molecule has 0 fully saturated rings. The van der Waals surface area contributed by atoms with Crippen molar-refractivity contribution in [1.29, 1.82) is 0 Å². The van der Waals surface area contributed by atoms with Crippen LogP contribution in [0, 0.1) is 0 Å². The van der Waals surface area contributed by atoms with Gasteiger partial charge in [0, 0.05) is 0 Å². The molecule has 0 unspecified atom stereocenters. The van der Waals surface area contributed by atoms with Gasteiger partial charge in [-0.25, -0.2) is 0 Å². The van der Waals surface area contributed by atoms with Crippen LogP contribution < -0.4 is 5.19 Å². The maximum atomic E-state index is 9.38. The first-order valence-electron chi connectivity index (χ1n) is 5.37. The first-order valence-corrected chi connectivity index (χ1v) is 8.37. The van der Waals surface area contributed by atoms with Crippen LogP contribution in [0.1, 0.15) is 13.8 Å². The topological polar surface area (TPSA) is 20.2 Å². The number of hydrogen-bond donors (Lipinski definition) is 1. The van der Waals surface area contributed by atoms with Crippen molar-refractivity contribution in [1.82, 2.24) is 0 Å². The van der Waals surface area contributed by atoms with Crippen molar-refractivity contribution in [3.63, 3.8) is 0 Å². The molecule has 0 amide bonds. The highest BCUT2D eigenvalue weighted by Crippen LogP contribution is 2.15. The fourth-order valence-corrected chi connectivity index (χ4v) is 3.79. The van der Waals surface area contributed by atoms with Crippen LogP contribution in [0.2, 0.25) is 13.1 Å². The van der Waals surface area contributed by atoms with Gasteiger partial charge in [0.1, 0.15) is 8.07 Å². The van der Waals surface area contributed by atoms with Gasteiger partial charge < -0.3 is 5.11 Å². The SMILES string of the molecule is C/C(=C\[C@@H](C)O)[Si](C)(C)c1ccccc1. The van der Waals surface area contributed by atoms with E-state index in [9.17, 15) is 5.11 Å². The lowest BCUT2D eigenvalue weighted by Crippen LogP contribution is -2.43. The minimum absolute atomic E-state index is 0.347. The summed E-state index contributed by atoms with van der Waals surface area (Å²) in [5.41, 5.74) is 0. The molecule has 0 saturated heterocycles. The summed E-state index contributed by atoms with van der Waals surface area (Å²) in [7, 11) is -1.54. The Morgan fingerprint density at radius 2 is 1.80 bits per heavy atom. The van der Waals surface area contributed by atoms with Gasteiger partial charge in [-0.2, -0.15) is 0 Å². The van der Waals surface area contributed by atoms with E-state index < -0.39 is 8.07 Å². The van der Waals surface area contributed by atoms with E-state index in [-0.39, 0.29) is 6.10 Å². The molecule has 1 atom stereocenters. The predicted molar refractivity (Wildman–Crippen MR) is 69.0 cm³/mol. The minimum atomic E-state index is -1.54. The van der Waals surface area contributed by atoms with Gasteiger partial charge in [-0.1, -0.05) is 59.9 Å². The summed E-state index contributed by atoms with van der Waals surface area (Å²) < 4.78 is 0. The molecule has 0 aliphatic heterocycles. The van der Waals surface area contributed by atoms with Crippen molar-refractivity contribution in [2.45, 2.75) is 33.0 Å². The predicted octanol–water partition coefficient (Wildman–Crippen LogP) is 2.47. The molecule has 15 heavy (non-hydrogen) atoms. The van der Waals surface area contributed by atoms with Crippen LogP contribution >= 0.6 is 0 Å². The molecule has 2 heteroatoms. The largest absolute Gasteiger partial charge is 0.389 e. The van der Waals surface area contributed by atoms with E-state index in [1.807, 2.05) is 12.1 Å². The Morgan fingerprint density at radius 1 is 1.27 bits per heavy atom. The van der Waals surface area contributed by atoms with Gasteiger partial charge in [-0.15, -0.1) is 0 Å². The fourth-order valence-electron chi connectivity index (χ4n) is 1.65. The van der Waals surface area contributed by atoms with Gasteiger partial charge in [0.05, 0.1) is 6.10 Å². The summed E-state index contributed by atoms with van der Waals surface area (Å²) in [6, 6.07) is 10.6. The summed E-state index contributed by atoms with van der Waals surface area (Å²) in [6.45, 7) is 8.57. The lowest BCUT2D eigenvalue weighted by Gasteiger charge is -2.24. The van der Waals surface area contributed by atoms with Crippen LogP contribution in [-0.2, 0) is 0 Å². The second kappa shape index (κ2) is 4.77. The van der Waals surface area contributed by atoms with Crippen molar-refractivity contribution in [3.8, 4) is 0 Å². The van der Waals surface area contributed by atoms with E-state index in [1.54, 1.807) is 6.92 Å². The van der Waals surface area contributed by atoms with Gasteiger partial charge >= 0.3 is 0 Å². The zero-order valence-corrected chi connectivity index (χ0v) is 11.0. The van der Waals surface area contributed by atoms with E-state index in [0.29, 0.717) is 0 Å². The molecule has 1 N–H and O–H groups in total. The third-order valence-corrected chi connectivity index (χ3v) is 6.89. The number of aliphatic hydroxyl groups excluding tert-OH is 1. The first kappa shape index (κ1) is 12.2. The second-order valence-corrected chi connectivity index (χ2v) is 9.20. The van der Waals surface area contributed by atoms with Crippen LogP contribution in [0.5, 0.6) is 0 Å². The van der Waals surface area contributed by atoms with Crippen molar-refractivity contribution in [2.24, 2.45) is 0 Å². The molecule has 0 saturated carbocycles.